The number of nitrogens with zero attached hydrogens (tertiary/aromatic N) is 2. The Hall–Kier alpha value is -2.07. The van der Waals surface area contributed by atoms with E-state index in [4.69, 9.17) is 10.3 Å². The highest BCUT2D eigenvalue weighted by molar-refractivity contribution is 5.97. The molecule has 2 aromatic heterocycles. The lowest BCUT2D eigenvalue weighted by Crippen LogP contribution is -1.99. The summed E-state index contributed by atoms with van der Waals surface area (Å²) in [7, 11) is 2.06. The fourth-order valence-electron chi connectivity index (χ4n) is 2.63. The molecular weight excluding hydrogens is 238 g/mol. The predicted octanol–water partition coefficient (Wildman–Crippen LogP) is 2.91. The average molecular weight is 255 g/mol. The number of nitrogens with two attached hydrogens (primary N) is 1. The standard InChI is InChI=1S/C15H17N3O/c1-9-12(8-16)15(19-17-9)14-10(2)18(3)13-7-5-4-6-11(13)14/h4-7H,8,16H2,1-3H3. The van der Waals surface area contributed by atoms with E-state index in [1.807, 2.05) is 19.1 Å². The largest absolute Gasteiger partial charge is 0.356 e. The summed E-state index contributed by atoms with van der Waals surface area (Å²) < 4.78 is 7.70. The van der Waals surface area contributed by atoms with Crippen molar-refractivity contribution < 1.29 is 4.52 Å². The second-order valence-electron chi connectivity index (χ2n) is 4.82. The molecule has 0 spiro atoms. The Morgan fingerprint density at radius 3 is 2.74 bits per heavy atom. The Morgan fingerprint density at radius 1 is 1.26 bits per heavy atom. The summed E-state index contributed by atoms with van der Waals surface area (Å²) in [5.74, 6) is 0.800. The van der Waals surface area contributed by atoms with Gasteiger partial charge in [0.05, 0.1) is 5.69 Å². The molecule has 0 saturated carbocycles. The maximum atomic E-state index is 5.83. The highest BCUT2D eigenvalue weighted by Gasteiger charge is 2.21. The Balaban J connectivity index is 2.39. The van der Waals surface area contributed by atoms with Crippen LogP contribution in [-0.4, -0.2) is 9.72 Å². The molecule has 2 N–H and O–H groups in total. The molecule has 0 bridgehead atoms. The molecule has 98 valence electrons. The molecule has 0 aliphatic heterocycles. The van der Waals surface area contributed by atoms with Crippen molar-refractivity contribution in [2.45, 2.75) is 20.4 Å². The third-order valence-electron chi connectivity index (χ3n) is 3.82. The highest BCUT2D eigenvalue weighted by atomic mass is 16.5. The van der Waals surface area contributed by atoms with Crippen molar-refractivity contribution in [3.05, 3.63) is 41.2 Å². The summed E-state index contributed by atoms with van der Waals surface area (Å²) in [6, 6.07) is 8.30. The Bertz CT molecular complexity index is 752. The minimum absolute atomic E-state index is 0.438. The molecule has 1 aromatic carbocycles. The van der Waals surface area contributed by atoms with E-state index in [0.717, 1.165) is 28.3 Å². The van der Waals surface area contributed by atoms with Gasteiger partial charge in [0.15, 0.2) is 5.76 Å². The topological polar surface area (TPSA) is 57.0 Å². The van der Waals surface area contributed by atoms with Crippen LogP contribution in [0.15, 0.2) is 28.8 Å². The number of aromatic nitrogens is 2. The molecule has 0 atom stereocenters. The Labute approximate surface area is 111 Å². The molecule has 4 nitrogen and oxygen atoms in total. The molecule has 4 heteroatoms. The van der Waals surface area contributed by atoms with Gasteiger partial charge in [0.2, 0.25) is 0 Å². The van der Waals surface area contributed by atoms with E-state index in [1.54, 1.807) is 0 Å². The lowest BCUT2D eigenvalue weighted by Gasteiger charge is -2.01. The van der Waals surface area contributed by atoms with Gasteiger partial charge in [-0.2, -0.15) is 0 Å². The van der Waals surface area contributed by atoms with Crippen molar-refractivity contribution in [3.8, 4) is 11.3 Å². The van der Waals surface area contributed by atoms with Crippen LogP contribution in [0.5, 0.6) is 0 Å². The van der Waals surface area contributed by atoms with Crippen molar-refractivity contribution >= 4 is 10.9 Å². The van der Waals surface area contributed by atoms with Crippen LogP contribution in [-0.2, 0) is 13.6 Å². The molecule has 3 aromatic rings. The zero-order valence-corrected chi connectivity index (χ0v) is 11.4. The van der Waals surface area contributed by atoms with Crippen LogP contribution in [0.3, 0.4) is 0 Å². The number of fused-ring (bicyclic) bond motifs is 1. The first-order valence-electron chi connectivity index (χ1n) is 6.34. The lowest BCUT2D eigenvalue weighted by atomic mass is 10.0. The fraction of sp³-hybridized carbons (Fsp3) is 0.267. The molecule has 2 heterocycles. The van der Waals surface area contributed by atoms with E-state index in [1.165, 1.54) is 10.9 Å². The third-order valence-corrected chi connectivity index (χ3v) is 3.82. The zero-order chi connectivity index (χ0) is 13.6. The Kier molecular flexibility index (Phi) is 2.68. The normalized spacial score (nSPS) is 11.4. The SMILES string of the molecule is Cc1noc(-c2c(C)n(C)c3ccccc23)c1CN. The van der Waals surface area contributed by atoms with Gasteiger partial charge < -0.3 is 14.8 Å². The average Bonchev–Trinajstić information content (AvgIpc) is 2.90. The number of benzene rings is 1. The van der Waals surface area contributed by atoms with Gasteiger partial charge in [-0.25, -0.2) is 0 Å². The molecule has 19 heavy (non-hydrogen) atoms. The van der Waals surface area contributed by atoms with E-state index in [2.05, 4.69) is 35.8 Å². The molecule has 0 fully saturated rings. The Morgan fingerprint density at radius 2 is 2.00 bits per heavy atom. The number of aryl methyl sites for hydroxylation is 2. The minimum atomic E-state index is 0.438. The molecule has 0 unspecified atom stereocenters. The van der Waals surface area contributed by atoms with Gasteiger partial charge in [-0.05, 0) is 19.9 Å². The van der Waals surface area contributed by atoms with Gasteiger partial charge in [0.25, 0.3) is 0 Å². The number of hydrogen-bond donors (Lipinski definition) is 1. The lowest BCUT2D eigenvalue weighted by molar-refractivity contribution is 0.426. The van der Waals surface area contributed by atoms with Gasteiger partial charge in [0, 0.05) is 41.3 Å². The van der Waals surface area contributed by atoms with E-state index in [-0.39, 0.29) is 0 Å². The fourth-order valence-corrected chi connectivity index (χ4v) is 2.63. The van der Waals surface area contributed by atoms with Crippen molar-refractivity contribution in [1.82, 2.24) is 9.72 Å². The maximum Gasteiger partial charge on any atom is 0.174 e. The van der Waals surface area contributed by atoms with Gasteiger partial charge in [0.1, 0.15) is 0 Å². The van der Waals surface area contributed by atoms with E-state index >= 15 is 0 Å². The molecule has 0 aliphatic carbocycles. The molecule has 0 saturated heterocycles. The van der Waals surface area contributed by atoms with Crippen LogP contribution in [0.1, 0.15) is 17.0 Å². The van der Waals surface area contributed by atoms with Crippen molar-refractivity contribution in [2.24, 2.45) is 12.8 Å². The van der Waals surface area contributed by atoms with Crippen LogP contribution in [0.2, 0.25) is 0 Å². The predicted molar refractivity (Wildman–Crippen MR) is 75.8 cm³/mol. The molecule has 0 radical (unpaired) electrons. The smallest absolute Gasteiger partial charge is 0.174 e. The minimum Gasteiger partial charge on any atom is -0.356 e. The number of hydrogen-bond acceptors (Lipinski definition) is 3. The van der Waals surface area contributed by atoms with E-state index < -0.39 is 0 Å². The van der Waals surface area contributed by atoms with Crippen LogP contribution >= 0.6 is 0 Å². The molecule has 3 rings (SSSR count). The quantitative estimate of drug-likeness (QED) is 0.766. The van der Waals surface area contributed by atoms with Gasteiger partial charge in [-0.1, -0.05) is 23.4 Å². The summed E-state index contributed by atoms with van der Waals surface area (Å²) in [5, 5.41) is 5.23. The first-order valence-corrected chi connectivity index (χ1v) is 6.34. The van der Waals surface area contributed by atoms with Gasteiger partial charge >= 0.3 is 0 Å². The number of para-hydroxylation sites is 1. The summed E-state index contributed by atoms with van der Waals surface area (Å²) in [5.41, 5.74) is 11.1. The van der Waals surface area contributed by atoms with Crippen molar-refractivity contribution in [2.75, 3.05) is 0 Å². The molecule has 0 amide bonds. The third kappa shape index (κ3) is 1.60. The summed E-state index contributed by atoms with van der Waals surface area (Å²) in [4.78, 5) is 0. The van der Waals surface area contributed by atoms with Crippen LogP contribution in [0, 0.1) is 13.8 Å². The van der Waals surface area contributed by atoms with Crippen molar-refractivity contribution in [3.63, 3.8) is 0 Å². The summed E-state index contributed by atoms with van der Waals surface area (Å²) >= 11 is 0. The molecule has 0 aliphatic rings. The highest BCUT2D eigenvalue weighted by Crippen LogP contribution is 2.36. The maximum absolute atomic E-state index is 5.83. The zero-order valence-electron chi connectivity index (χ0n) is 11.4. The van der Waals surface area contributed by atoms with E-state index in [0.29, 0.717) is 6.54 Å². The monoisotopic (exact) mass is 255 g/mol. The van der Waals surface area contributed by atoms with Crippen LogP contribution < -0.4 is 5.73 Å². The van der Waals surface area contributed by atoms with Gasteiger partial charge in [-0.3, -0.25) is 0 Å². The summed E-state index contributed by atoms with van der Waals surface area (Å²) in [6.45, 7) is 4.45. The second-order valence-corrected chi connectivity index (χ2v) is 4.82. The first-order chi connectivity index (χ1) is 9.15. The first kappa shape index (κ1) is 12.0. The van der Waals surface area contributed by atoms with Crippen LogP contribution in [0.4, 0.5) is 0 Å². The molecular formula is C15H17N3O. The second kappa shape index (κ2) is 4.24. The van der Waals surface area contributed by atoms with Gasteiger partial charge in [-0.15, -0.1) is 0 Å². The van der Waals surface area contributed by atoms with E-state index in [9.17, 15) is 0 Å². The number of rotatable bonds is 2. The summed E-state index contributed by atoms with van der Waals surface area (Å²) in [6.07, 6.45) is 0. The van der Waals surface area contributed by atoms with Crippen LogP contribution in [0.25, 0.3) is 22.2 Å². The van der Waals surface area contributed by atoms with Crippen molar-refractivity contribution in [1.29, 1.82) is 0 Å².